The standard InChI is InChI=1S/C25H20ClN3O3S/c1-12-8-9-15(10-18(12)26)29-21(17-11-27-19-7-5-4-6-16(17)19)20(23(31)25(29)32)22(30)24-13(2)28-14(3)33-24/h4-11,21,27,31H,1-3H3. The summed E-state index contributed by atoms with van der Waals surface area (Å²) in [5.41, 5.74) is 3.54. The summed E-state index contributed by atoms with van der Waals surface area (Å²) >= 11 is 7.62. The number of hydrogen-bond acceptors (Lipinski definition) is 5. The zero-order valence-corrected chi connectivity index (χ0v) is 19.7. The van der Waals surface area contributed by atoms with Crippen molar-refractivity contribution in [3.63, 3.8) is 0 Å². The van der Waals surface area contributed by atoms with Crippen LogP contribution in [0.3, 0.4) is 0 Å². The van der Waals surface area contributed by atoms with Gasteiger partial charge < -0.3 is 10.1 Å². The third-order valence-electron chi connectivity index (χ3n) is 5.91. The molecule has 166 valence electrons. The first-order valence-corrected chi connectivity index (χ1v) is 11.5. The van der Waals surface area contributed by atoms with Crippen LogP contribution in [0.5, 0.6) is 0 Å². The van der Waals surface area contributed by atoms with Crippen molar-refractivity contribution in [2.45, 2.75) is 26.8 Å². The van der Waals surface area contributed by atoms with Gasteiger partial charge in [0.25, 0.3) is 5.91 Å². The molecule has 2 N–H and O–H groups in total. The van der Waals surface area contributed by atoms with Crippen LogP contribution in [0.2, 0.25) is 5.02 Å². The fourth-order valence-electron chi connectivity index (χ4n) is 4.31. The van der Waals surface area contributed by atoms with Crippen LogP contribution in [0.25, 0.3) is 10.9 Å². The van der Waals surface area contributed by atoms with Crippen LogP contribution in [-0.2, 0) is 4.79 Å². The number of rotatable bonds is 4. The smallest absolute Gasteiger partial charge is 0.294 e. The molecule has 5 rings (SSSR count). The molecule has 0 spiro atoms. The number of aromatic amines is 1. The molecule has 0 radical (unpaired) electrons. The average molecular weight is 478 g/mol. The van der Waals surface area contributed by atoms with Crippen LogP contribution in [0.1, 0.15) is 37.5 Å². The number of thiazole rings is 1. The lowest BCUT2D eigenvalue weighted by Gasteiger charge is -2.27. The van der Waals surface area contributed by atoms with Gasteiger partial charge in [-0.3, -0.25) is 14.5 Å². The molecule has 8 heteroatoms. The predicted molar refractivity (Wildman–Crippen MR) is 130 cm³/mol. The molecule has 1 aliphatic rings. The second-order valence-corrected chi connectivity index (χ2v) is 9.65. The fraction of sp³-hybridized carbons (Fsp3) is 0.160. The third kappa shape index (κ3) is 3.35. The van der Waals surface area contributed by atoms with Crippen LogP contribution in [0.15, 0.2) is 60.0 Å². The molecule has 3 heterocycles. The van der Waals surface area contributed by atoms with Crippen LogP contribution in [0, 0.1) is 20.8 Å². The van der Waals surface area contributed by atoms with Crippen LogP contribution in [-0.4, -0.2) is 26.8 Å². The molecular formula is C25H20ClN3O3S. The Hall–Kier alpha value is -3.42. The molecule has 1 amide bonds. The van der Waals surface area contributed by atoms with E-state index in [1.165, 1.54) is 16.2 Å². The summed E-state index contributed by atoms with van der Waals surface area (Å²) in [5, 5.41) is 13.1. The number of ketones is 1. The molecule has 2 aromatic carbocycles. The van der Waals surface area contributed by atoms with Crippen LogP contribution in [0.4, 0.5) is 5.69 Å². The highest BCUT2D eigenvalue weighted by atomic mass is 35.5. The summed E-state index contributed by atoms with van der Waals surface area (Å²) in [4.78, 5) is 36.5. The number of carbonyl (C=O) groups is 2. The number of benzene rings is 2. The van der Waals surface area contributed by atoms with E-state index < -0.39 is 23.5 Å². The predicted octanol–water partition coefficient (Wildman–Crippen LogP) is 5.99. The van der Waals surface area contributed by atoms with Gasteiger partial charge in [0.05, 0.1) is 27.2 Å². The van der Waals surface area contributed by atoms with Crippen LogP contribution >= 0.6 is 22.9 Å². The Morgan fingerprint density at radius 2 is 1.94 bits per heavy atom. The Bertz CT molecular complexity index is 1480. The minimum Gasteiger partial charge on any atom is -0.503 e. The summed E-state index contributed by atoms with van der Waals surface area (Å²) < 4.78 is 0. The van der Waals surface area contributed by atoms with Gasteiger partial charge in [-0.25, -0.2) is 4.98 Å². The van der Waals surface area contributed by atoms with Gasteiger partial charge in [0.15, 0.2) is 5.76 Å². The molecule has 0 saturated heterocycles. The maximum atomic E-state index is 13.7. The van der Waals surface area contributed by atoms with E-state index in [1.54, 1.807) is 25.3 Å². The van der Waals surface area contributed by atoms with Crippen molar-refractivity contribution in [2.75, 3.05) is 4.90 Å². The Labute approximate surface area is 199 Å². The fourth-order valence-corrected chi connectivity index (χ4v) is 5.36. The quantitative estimate of drug-likeness (QED) is 0.354. The molecule has 0 bridgehead atoms. The number of aromatic nitrogens is 2. The average Bonchev–Trinajstić information content (AvgIpc) is 3.44. The highest BCUT2D eigenvalue weighted by Gasteiger charge is 2.46. The highest BCUT2D eigenvalue weighted by molar-refractivity contribution is 7.14. The molecule has 1 aliphatic heterocycles. The maximum Gasteiger partial charge on any atom is 0.294 e. The van der Waals surface area contributed by atoms with E-state index >= 15 is 0 Å². The van der Waals surface area contributed by atoms with Crippen molar-refractivity contribution < 1.29 is 14.7 Å². The SMILES string of the molecule is Cc1nc(C)c(C(=O)C2=C(O)C(=O)N(c3ccc(C)c(Cl)c3)C2c2c[nH]c3ccccc23)s1. The van der Waals surface area contributed by atoms with Crippen molar-refractivity contribution in [1.29, 1.82) is 0 Å². The molecule has 0 saturated carbocycles. The van der Waals surface area contributed by atoms with Gasteiger partial charge in [-0.15, -0.1) is 11.3 Å². The van der Waals surface area contributed by atoms with E-state index in [2.05, 4.69) is 9.97 Å². The number of fused-ring (bicyclic) bond motifs is 1. The van der Waals surface area contributed by atoms with Gasteiger partial charge in [-0.2, -0.15) is 0 Å². The van der Waals surface area contributed by atoms with Crippen LogP contribution < -0.4 is 4.90 Å². The summed E-state index contributed by atoms with van der Waals surface area (Å²) in [6.45, 7) is 5.44. The minimum absolute atomic E-state index is 0.0354. The van der Waals surface area contributed by atoms with Crippen molar-refractivity contribution in [2.24, 2.45) is 0 Å². The number of hydrogen-bond donors (Lipinski definition) is 2. The van der Waals surface area contributed by atoms with Crippen molar-refractivity contribution in [3.05, 3.63) is 91.7 Å². The maximum absolute atomic E-state index is 13.7. The number of H-pyrrole nitrogens is 1. The number of aliphatic hydroxyl groups excluding tert-OH is 1. The van der Waals surface area contributed by atoms with Gasteiger partial charge in [0.2, 0.25) is 5.78 Å². The summed E-state index contributed by atoms with van der Waals surface area (Å²) in [7, 11) is 0. The molecule has 4 aromatic rings. The van der Waals surface area contributed by atoms with Gasteiger partial charge >= 0.3 is 0 Å². The first-order valence-electron chi connectivity index (χ1n) is 10.4. The topological polar surface area (TPSA) is 86.3 Å². The molecule has 0 fully saturated rings. The Morgan fingerprint density at radius 3 is 2.64 bits per heavy atom. The number of aryl methyl sites for hydroxylation is 3. The van der Waals surface area contributed by atoms with Gasteiger partial charge in [-0.1, -0.05) is 35.9 Å². The number of amides is 1. The number of para-hydroxylation sites is 1. The number of carbonyl (C=O) groups excluding carboxylic acids is 2. The number of anilines is 1. The van der Waals surface area contributed by atoms with E-state index in [4.69, 9.17) is 11.6 Å². The highest BCUT2D eigenvalue weighted by Crippen LogP contribution is 2.45. The number of halogens is 1. The summed E-state index contributed by atoms with van der Waals surface area (Å²) in [5.74, 6) is -1.61. The first kappa shape index (κ1) is 21.4. The molecule has 33 heavy (non-hydrogen) atoms. The Morgan fingerprint density at radius 1 is 1.18 bits per heavy atom. The second-order valence-electron chi connectivity index (χ2n) is 8.04. The lowest BCUT2D eigenvalue weighted by molar-refractivity contribution is -0.117. The zero-order valence-electron chi connectivity index (χ0n) is 18.1. The van der Waals surface area contributed by atoms with E-state index in [0.717, 1.165) is 21.5 Å². The molecule has 1 unspecified atom stereocenters. The molecule has 0 aliphatic carbocycles. The van der Waals surface area contributed by atoms with Crippen molar-refractivity contribution >= 4 is 51.2 Å². The van der Waals surface area contributed by atoms with E-state index in [9.17, 15) is 14.7 Å². The summed E-state index contributed by atoms with van der Waals surface area (Å²) in [6.07, 6.45) is 1.78. The normalized spacial score (nSPS) is 16.3. The lowest BCUT2D eigenvalue weighted by atomic mass is 9.94. The Kier molecular flexibility index (Phi) is 5.11. The largest absolute Gasteiger partial charge is 0.503 e. The number of nitrogens with zero attached hydrogens (tertiary/aromatic N) is 2. The van der Waals surface area contributed by atoms with E-state index in [0.29, 0.717) is 26.8 Å². The monoisotopic (exact) mass is 477 g/mol. The second kappa shape index (κ2) is 7.86. The number of aliphatic hydroxyl groups is 1. The molecule has 1 atom stereocenters. The molecular weight excluding hydrogens is 458 g/mol. The van der Waals surface area contributed by atoms with E-state index in [1.807, 2.05) is 44.2 Å². The van der Waals surface area contributed by atoms with E-state index in [-0.39, 0.29) is 5.57 Å². The van der Waals surface area contributed by atoms with Gasteiger partial charge in [0.1, 0.15) is 0 Å². The minimum atomic E-state index is -0.832. The third-order valence-corrected chi connectivity index (χ3v) is 7.39. The Balaban J connectivity index is 1.74. The number of Topliss-reactive ketones (excluding diaryl/α,β-unsaturated/α-hetero) is 1. The number of nitrogens with one attached hydrogen (secondary N) is 1. The first-order chi connectivity index (χ1) is 15.8. The lowest BCUT2D eigenvalue weighted by Crippen LogP contribution is -2.31. The van der Waals surface area contributed by atoms with Gasteiger partial charge in [0, 0.05) is 33.4 Å². The van der Waals surface area contributed by atoms with Crippen molar-refractivity contribution in [3.8, 4) is 0 Å². The van der Waals surface area contributed by atoms with Gasteiger partial charge in [-0.05, 0) is 44.5 Å². The summed E-state index contributed by atoms with van der Waals surface area (Å²) in [6, 6.07) is 12.1. The molecule has 6 nitrogen and oxygen atoms in total. The molecule has 2 aromatic heterocycles. The van der Waals surface area contributed by atoms with Crippen molar-refractivity contribution in [1.82, 2.24) is 9.97 Å². The zero-order chi connectivity index (χ0) is 23.4.